The molecule has 2 aromatic carbocycles. The number of hydrogen-bond acceptors (Lipinski definition) is 2. The number of hydrogen-bond donors (Lipinski definition) is 1. The van der Waals surface area contributed by atoms with E-state index in [1.807, 2.05) is 18.2 Å². The number of aryl methyl sites for hydroxylation is 1. The van der Waals surface area contributed by atoms with Crippen molar-refractivity contribution in [3.05, 3.63) is 58.9 Å². The molecule has 4 heteroatoms. The molecule has 0 bridgehead atoms. The van der Waals surface area contributed by atoms with Crippen molar-refractivity contribution in [1.82, 2.24) is 9.55 Å². The van der Waals surface area contributed by atoms with Crippen LogP contribution in [0.1, 0.15) is 17.3 Å². The van der Waals surface area contributed by atoms with Gasteiger partial charge in [-0.25, -0.2) is 4.98 Å². The molecule has 3 nitrogen and oxygen atoms in total. The van der Waals surface area contributed by atoms with Gasteiger partial charge in [-0.2, -0.15) is 0 Å². The van der Waals surface area contributed by atoms with Crippen LogP contribution in [0.5, 0.6) is 0 Å². The molecule has 1 aliphatic rings. The maximum absolute atomic E-state index is 6.06. The molecular weight excluding hydrogens is 270 g/mol. The van der Waals surface area contributed by atoms with Gasteiger partial charge in [-0.3, -0.25) is 0 Å². The summed E-state index contributed by atoms with van der Waals surface area (Å²) in [5.41, 5.74) is 4.60. The highest BCUT2D eigenvalue weighted by Gasteiger charge is 2.27. The zero-order chi connectivity index (χ0) is 13.7. The van der Waals surface area contributed by atoms with Crippen LogP contribution in [0, 0.1) is 0 Å². The van der Waals surface area contributed by atoms with Gasteiger partial charge in [0, 0.05) is 24.3 Å². The number of imidazole rings is 1. The first-order chi connectivity index (χ1) is 9.74. The van der Waals surface area contributed by atoms with E-state index in [4.69, 9.17) is 16.6 Å². The lowest BCUT2D eigenvalue weighted by Gasteiger charge is -2.10. The molecule has 20 heavy (non-hydrogen) atoms. The fraction of sp³-hybridized carbons (Fsp3) is 0.188. The van der Waals surface area contributed by atoms with Crippen molar-refractivity contribution in [3.63, 3.8) is 0 Å². The third-order valence-corrected chi connectivity index (χ3v) is 4.26. The number of anilines is 1. The van der Waals surface area contributed by atoms with Crippen molar-refractivity contribution in [2.24, 2.45) is 7.05 Å². The summed E-state index contributed by atoms with van der Waals surface area (Å²) in [6.45, 7) is 0.893. The average Bonchev–Trinajstić information content (AvgIpc) is 3.00. The number of halogens is 1. The molecule has 2 heterocycles. The summed E-state index contributed by atoms with van der Waals surface area (Å²) in [6, 6.07) is 14.3. The highest BCUT2D eigenvalue weighted by Crippen LogP contribution is 2.36. The van der Waals surface area contributed by atoms with Crippen molar-refractivity contribution < 1.29 is 0 Å². The molecule has 0 amide bonds. The molecular formula is C16H14ClN3. The second-order valence-electron chi connectivity index (χ2n) is 5.18. The molecule has 1 aliphatic heterocycles. The van der Waals surface area contributed by atoms with Crippen LogP contribution >= 0.6 is 11.6 Å². The molecule has 0 saturated carbocycles. The number of aromatic nitrogens is 2. The molecule has 3 aromatic rings. The van der Waals surface area contributed by atoms with E-state index in [1.165, 1.54) is 11.3 Å². The lowest BCUT2D eigenvalue weighted by molar-refractivity contribution is 0.748. The Morgan fingerprint density at radius 1 is 1.25 bits per heavy atom. The summed E-state index contributed by atoms with van der Waals surface area (Å²) in [7, 11) is 2.07. The van der Waals surface area contributed by atoms with E-state index in [-0.39, 0.29) is 0 Å². The zero-order valence-electron chi connectivity index (χ0n) is 11.1. The van der Waals surface area contributed by atoms with Gasteiger partial charge < -0.3 is 9.88 Å². The fourth-order valence-electron chi connectivity index (χ4n) is 3.02. The van der Waals surface area contributed by atoms with Gasteiger partial charge in [0.25, 0.3) is 0 Å². The number of nitrogens with one attached hydrogen (secondary N) is 1. The van der Waals surface area contributed by atoms with Crippen LogP contribution in [0.2, 0.25) is 5.02 Å². The van der Waals surface area contributed by atoms with Crippen molar-refractivity contribution >= 4 is 28.3 Å². The van der Waals surface area contributed by atoms with Crippen LogP contribution in [-0.2, 0) is 7.05 Å². The minimum absolute atomic E-state index is 0.294. The first-order valence-corrected chi connectivity index (χ1v) is 7.06. The third-order valence-electron chi connectivity index (χ3n) is 4.02. The highest BCUT2D eigenvalue weighted by atomic mass is 35.5. The molecule has 1 N–H and O–H groups in total. The van der Waals surface area contributed by atoms with E-state index in [2.05, 4.69) is 41.2 Å². The van der Waals surface area contributed by atoms with Gasteiger partial charge in [-0.1, -0.05) is 29.8 Å². The van der Waals surface area contributed by atoms with Gasteiger partial charge >= 0.3 is 0 Å². The Kier molecular flexibility index (Phi) is 2.51. The Labute approximate surface area is 122 Å². The van der Waals surface area contributed by atoms with Crippen LogP contribution in [0.25, 0.3) is 11.0 Å². The molecule has 1 aromatic heterocycles. The predicted octanol–water partition coefficient (Wildman–Crippen LogP) is 3.78. The van der Waals surface area contributed by atoms with E-state index in [9.17, 15) is 0 Å². The SMILES string of the molecule is Cn1c(C2CNc3ccccc32)nc2cc(Cl)ccc21. The molecule has 0 saturated heterocycles. The summed E-state index contributed by atoms with van der Waals surface area (Å²) in [5, 5.41) is 4.18. The lowest BCUT2D eigenvalue weighted by atomic mass is 10.0. The van der Waals surface area contributed by atoms with Crippen molar-refractivity contribution in [2.45, 2.75) is 5.92 Å². The van der Waals surface area contributed by atoms with E-state index in [0.717, 1.165) is 28.4 Å². The van der Waals surface area contributed by atoms with Crippen LogP contribution in [-0.4, -0.2) is 16.1 Å². The normalized spacial score (nSPS) is 17.2. The quantitative estimate of drug-likeness (QED) is 0.736. The zero-order valence-corrected chi connectivity index (χ0v) is 11.9. The minimum atomic E-state index is 0.294. The van der Waals surface area contributed by atoms with Gasteiger partial charge in [0.1, 0.15) is 5.82 Å². The lowest BCUT2D eigenvalue weighted by Crippen LogP contribution is -2.09. The number of nitrogens with zero attached hydrogens (tertiary/aromatic N) is 2. The van der Waals surface area contributed by atoms with Gasteiger partial charge in [0.2, 0.25) is 0 Å². The van der Waals surface area contributed by atoms with Gasteiger partial charge in [0.15, 0.2) is 0 Å². The van der Waals surface area contributed by atoms with Crippen LogP contribution in [0.15, 0.2) is 42.5 Å². The van der Waals surface area contributed by atoms with Crippen molar-refractivity contribution in [2.75, 3.05) is 11.9 Å². The number of rotatable bonds is 1. The third kappa shape index (κ3) is 1.63. The summed E-state index contributed by atoms with van der Waals surface area (Å²) in [6.07, 6.45) is 0. The molecule has 0 radical (unpaired) electrons. The Morgan fingerprint density at radius 2 is 2.10 bits per heavy atom. The number of benzene rings is 2. The monoisotopic (exact) mass is 283 g/mol. The van der Waals surface area contributed by atoms with Gasteiger partial charge in [0.05, 0.1) is 17.0 Å². The smallest absolute Gasteiger partial charge is 0.119 e. The van der Waals surface area contributed by atoms with Crippen molar-refractivity contribution in [1.29, 1.82) is 0 Å². The van der Waals surface area contributed by atoms with Crippen LogP contribution < -0.4 is 5.32 Å². The molecule has 4 rings (SSSR count). The highest BCUT2D eigenvalue weighted by molar-refractivity contribution is 6.31. The topological polar surface area (TPSA) is 29.9 Å². The van der Waals surface area contributed by atoms with E-state index >= 15 is 0 Å². The largest absolute Gasteiger partial charge is 0.384 e. The van der Waals surface area contributed by atoms with Crippen LogP contribution in [0.3, 0.4) is 0 Å². The van der Waals surface area contributed by atoms with Gasteiger partial charge in [-0.15, -0.1) is 0 Å². The first kappa shape index (κ1) is 11.8. The molecule has 0 aliphatic carbocycles. The number of para-hydroxylation sites is 1. The average molecular weight is 284 g/mol. The Hall–Kier alpha value is -2.00. The first-order valence-electron chi connectivity index (χ1n) is 6.69. The molecule has 1 unspecified atom stereocenters. The van der Waals surface area contributed by atoms with E-state index < -0.39 is 0 Å². The molecule has 1 atom stereocenters. The van der Waals surface area contributed by atoms with E-state index in [0.29, 0.717) is 5.92 Å². The Balaban J connectivity index is 1.90. The Bertz CT molecular complexity index is 807. The molecule has 0 spiro atoms. The fourth-order valence-corrected chi connectivity index (χ4v) is 3.18. The maximum Gasteiger partial charge on any atom is 0.119 e. The predicted molar refractivity (Wildman–Crippen MR) is 82.5 cm³/mol. The summed E-state index contributed by atoms with van der Waals surface area (Å²) < 4.78 is 2.17. The minimum Gasteiger partial charge on any atom is -0.384 e. The Morgan fingerprint density at radius 3 is 3.00 bits per heavy atom. The summed E-state index contributed by atoms with van der Waals surface area (Å²) in [5.74, 6) is 1.38. The van der Waals surface area contributed by atoms with Crippen molar-refractivity contribution in [3.8, 4) is 0 Å². The van der Waals surface area contributed by atoms with Gasteiger partial charge in [-0.05, 0) is 29.8 Å². The van der Waals surface area contributed by atoms with Crippen LogP contribution in [0.4, 0.5) is 5.69 Å². The summed E-state index contributed by atoms with van der Waals surface area (Å²) in [4.78, 5) is 4.79. The maximum atomic E-state index is 6.06. The second kappa shape index (κ2) is 4.25. The standard InChI is InChI=1S/C16H14ClN3/c1-20-15-7-6-10(17)8-14(15)19-16(20)12-9-18-13-5-3-2-4-11(12)13/h2-8,12,18H,9H2,1H3. The number of fused-ring (bicyclic) bond motifs is 2. The summed E-state index contributed by atoms with van der Waals surface area (Å²) >= 11 is 6.06. The molecule has 100 valence electrons. The second-order valence-corrected chi connectivity index (χ2v) is 5.62. The van der Waals surface area contributed by atoms with E-state index in [1.54, 1.807) is 0 Å². The molecule has 0 fully saturated rings.